The monoisotopic (exact) mass is 405 g/mol. The van der Waals surface area contributed by atoms with Crippen molar-refractivity contribution < 1.29 is 13.2 Å². The molecule has 0 saturated heterocycles. The number of benzene rings is 1. The van der Waals surface area contributed by atoms with Crippen LogP contribution in [0, 0.1) is 0 Å². The van der Waals surface area contributed by atoms with Gasteiger partial charge >= 0.3 is 0 Å². The number of ether oxygens (including phenoxy) is 1. The quantitative estimate of drug-likeness (QED) is 0.296. The van der Waals surface area contributed by atoms with Gasteiger partial charge in [-0.3, -0.25) is 9.98 Å². The number of aromatic nitrogens is 1. The predicted octanol–water partition coefficient (Wildman–Crippen LogP) is 1.38. The third-order valence-electron chi connectivity index (χ3n) is 3.58. The Morgan fingerprint density at radius 3 is 2.64 bits per heavy atom. The standard InChI is InChI=1S/C19H27N5O3S/c1-2-21-19(22-12-7-15-27-17-8-4-3-5-9-17)23-13-14-24-28(25,26)18-10-6-11-20-16-18/h3-6,8-11,16,24H,2,7,12-15H2,1H3,(H2,21,22,23). The Labute approximate surface area is 166 Å². The molecule has 28 heavy (non-hydrogen) atoms. The number of nitrogens with one attached hydrogen (secondary N) is 3. The van der Waals surface area contributed by atoms with Crippen LogP contribution in [0.1, 0.15) is 13.3 Å². The Hall–Kier alpha value is -2.65. The van der Waals surface area contributed by atoms with Crippen LogP contribution in [0.4, 0.5) is 0 Å². The van der Waals surface area contributed by atoms with Crippen LogP contribution < -0.4 is 20.1 Å². The third-order valence-corrected chi connectivity index (χ3v) is 5.03. The topological polar surface area (TPSA) is 105 Å². The van der Waals surface area contributed by atoms with E-state index in [-0.39, 0.29) is 11.4 Å². The van der Waals surface area contributed by atoms with E-state index < -0.39 is 10.0 Å². The lowest BCUT2D eigenvalue weighted by Crippen LogP contribution is -2.41. The normalized spacial score (nSPS) is 11.8. The number of nitrogens with zero attached hydrogens (tertiary/aromatic N) is 2. The van der Waals surface area contributed by atoms with Crippen molar-refractivity contribution in [3.8, 4) is 5.75 Å². The minimum absolute atomic E-state index is 0.147. The summed E-state index contributed by atoms with van der Waals surface area (Å²) in [5, 5.41) is 6.24. The number of guanidine groups is 1. The molecule has 9 heteroatoms. The highest BCUT2D eigenvalue weighted by Gasteiger charge is 2.12. The van der Waals surface area contributed by atoms with Gasteiger partial charge in [0.2, 0.25) is 10.0 Å². The maximum absolute atomic E-state index is 12.1. The van der Waals surface area contributed by atoms with Crippen LogP contribution in [-0.2, 0) is 10.0 Å². The van der Waals surface area contributed by atoms with E-state index in [1.165, 1.54) is 18.5 Å². The predicted molar refractivity (Wildman–Crippen MR) is 110 cm³/mol. The zero-order valence-corrected chi connectivity index (χ0v) is 16.8. The molecule has 0 spiro atoms. The summed E-state index contributed by atoms with van der Waals surface area (Å²) >= 11 is 0. The fourth-order valence-electron chi connectivity index (χ4n) is 2.26. The Balaban J connectivity index is 1.69. The molecule has 152 valence electrons. The Morgan fingerprint density at radius 2 is 1.93 bits per heavy atom. The number of sulfonamides is 1. The average Bonchev–Trinajstić information content (AvgIpc) is 2.72. The molecule has 0 amide bonds. The fourth-order valence-corrected chi connectivity index (χ4v) is 3.25. The number of hydrogen-bond donors (Lipinski definition) is 3. The molecule has 0 fully saturated rings. The molecule has 0 saturated carbocycles. The first-order chi connectivity index (χ1) is 13.6. The van der Waals surface area contributed by atoms with Crippen LogP contribution in [0.3, 0.4) is 0 Å². The Kier molecular flexibility index (Phi) is 9.23. The van der Waals surface area contributed by atoms with Crippen LogP contribution in [0.5, 0.6) is 5.75 Å². The van der Waals surface area contributed by atoms with E-state index in [0.717, 1.165) is 12.2 Å². The molecular formula is C19H27N5O3S. The smallest absolute Gasteiger partial charge is 0.242 e. The van der Waals surface area contributed by atoms with Gasteiger partial charge in [-0.1, -0.05) is 18.2 Å². The van der Waals surface area contributed by atoms with Crippen LogP contribution in [0.2, 0.25) is 0 Å². The summed E-state index contributed by atoms with van der Waals surface area (Å²) in [4.78, 5) is 8.44. The third kappa shape index (κ3) is 7.93. The average molecular weight is 406 g/mol. The van der Waals surface area contributed by atoms with E-state index >= 15 is 0 Å². The molecular weight excluding hydrogens is 378 g/mol. The van der Waals surface area contributed by atoms with Gasteiger partial charge in [0.05, 0.1) is 6.61 Å². The largest absolute Gasteiger partial charge is 0.494 e. The summed E-state index contributed by atoms with van der Waals surface area (Å²) in [6.45, 7) is 4.51. The van der Waals surface area contributed by atoms with Crippen LogP contribution in [-0.4, -0.2) is 52.1 Å². The lowest BCUT2D eigenvalue weighted by molar-refractivity contribution is 0.313. The molecule has 8 nitrogen and oxygen atoms in total. The van der Waals surface area contributed by atoms with Crippen LogP contribution >= 0.6 is 0 Å². The molecule has 0 unspecified atom stereocenters. The molecule has 0 radical (unpaired) electrons. The van der Waals surface area contributed by atoms with E-state index in [9.17, 15) is 8.42 Å². The molecule has 0 aliphatic heterocycles. The van der Waals surface area contributed by atoms with Crippen molar-refractivity contribution in [3.05, 3.63) is 54.9 Å². The molecule has 0 bridgehead atoms. The van der Waals surface area contributed by atoms with Crippen LogP contribution in [0.25, 0.3) is 0 Å². The first kappa shape index (κ1) is 21.6. The molecule has 1 aromatic carbocycles. The van der Waals surface area contributed by atoms with Gasteiger partial charge in [0, 0.05) is 45.0 Å². The van der Waals surface area contributed by atoms with Gasteiger partial charge in [0.1, 0.15) is 10.6 Å². The van der Waals surface area contributed by atoms with Crippen molar-refractivity contribution in [3.63, 3.8) is 0 Å². The van der Waals surface area contributed by atoms with Gasteiger partial charge in [0.25, 0.3) is 0 Å². The molecule has 2 rings (SSSR count). The molecule has 3 N–H and O–H groups in total. The summed E-state index contributed by atoms with van der Waals surface area (Å²) in [7, 11) is -3.55. The van der Waals surface area contributed by atoms with Crippen molar-refractivity contribution in [2.45, 2.75) is 18.2 Å². The summed E-state index contributed by atoms with van der Waals surface area (Å²) in [5.74, 6) is 1.49. The molecule has 0 aliphatic carbocycles. The summed E-state index contributed by atoms with van der Waals surface area (Å²) in [5.41, 5.74) is 0. The Bertz CT molecular complexity index is 814. The highest BCUT2D eigenvalue weighted by Crippen LogP contribution is 2.08. The minimum Gasteiger partial charge on any atom is -0.494 e. The van der Waals surface area contributed by atoms with Gasteiger partial charge in [-0.15, -0.1) is 0 Å². The fraction of sp³-hybridized carbons (Fsp3) is 0.368. The molecule has 1 aromatic heterocycles. The van der Waals surface area contributed by atoms with E-state index in [0.29, 0.717) is 32.2 Å². The zero-order chi connectivity index (χ0) is 20.1. The van der Waals surface area contributed by atoms with E-state index in [1.807, 2.05) is 37.3 Å². The minimum atomic E-state index is -3.55. The van der Waals surface area contributed by atoms with E-state index in [2.05, 4.69) is 25.3 Å². The molecule has 2 aromatic rings. The second-order valence-electron chi connectivity index (χ2n) is 5.79. The highest BCUT2D eigenvalue weighted by molar-refractivity contribution is 7.89. The zero-order valence-electron chi connectivity index (χ0n) is 16.0. The van der Waals surface area contributed by atoms with Crippen molar-refractivity contribution in [2.24, 2.45) is 4.99 Å². The second kappa shape index (κ2) is 11.9. The van der Waals surface area contributed by atoms with Crippen molar-refractivity contribution in [2.75, 3.05) is 32.8 Å². The number of pyridine rings is 1. The maximum atomic E-state index is 12.1. The second-order valence-corrected chi connectivity index (χ2v) is 7.56. The summed E-state index contributed by atoms with van der Waals surface area (Å²) in [6, 6.07) is 12.7. The van der Waals surface area contributed by atoms with Gasteiger partial charge in [-0.25, -0.2) is 13.1 Å². The van der Waals surface area contributed by atoms with Crippen molar-refractivity contribution in [1.82, 2.24) is 20.3 Å². The van der Waals surface area contributed by atoms with Gasteiger partial charge in [-0.05, 0) is 31.2 Å². The van der Waals surface area contributed by atoms with E-state index in [4.69, 9.17) is 4.74 Å². The first-order valence-electron chi connectivity index (χ1n) is 9.21. The van der Waals surface area contributed by atoms with E-state index in [1.54, 1.807) is 6.07 Å². The van der Waals surface area contributed by atoms with Crippen molar-refractivity contribution >= 4 is 16.0 Å². The summed E-state index contributed by atoms with van der Waals surface area (Å²) < 4.78 is 32.4. The van der Waals surface area contributed by atoms with Gasteiger partial charge in [-0.2, -0.15) is 0 Å². The maximum Gasteiger partial charge on any atom is 0.242 e. The number of para-hydroxylation sites is 1. The molecule has 0 aliphatic rings. The number of hydrogen-bond acceptors (Lipinski definition) is 5. The summed E-state index contributed by atoms with van der Waals surface area (Å²) in [6.07, 6.45) is 3.63. The number of rotatable bonds is 11. The van der Waals surface area contributed by atoms with Crippen molar-refractivity contribution in [1.29, 1.82) is 0 Å². The SMILES string of the molecule is CCNC(=NCCCOc1ccccc1)NCCNS(=O)(=O)c1cccnc1. The molecule has 0 atom stereocenters. The van der Waals surface area contributed by atoms with Gasteiger partial charge < -0.3 is 15.4 Å². The first-order valence-corrected chi connectivity index (χ1v) is 10.7. The highest BCUT2D eigenvalue weighted by atomic mass is 32.2. The molecule has 1 heterocycles. The van der Waals surface area contributed by atoms with Crippen LogP contribution in [0.15, 0.2) is 64.7 Å². The number of aliphatic imine (C=N–C) groups is 1. The van der Waals surface area contributed by atoms with Gasteiger partial charge in [0.15, 0.2) is 5.96 Å². The lowest BCUT2D eigenvalue weighted by atomic mass is 10.3. The Morgan fingerprint density at radius 1 is 1.11 bits per heavy atom. The lowest BCUT2D eigenvalue weighted by Gasteiger charge is -2.12.